The minimum absolute atomic E-state index is 0.0468. The zero-order valence-electron chi connectivity index (χ0n) is 11.7. The van der Waals surface area contributed by atoms with E-state index in [9.17, 15) is 4.79 Å². The van der Waals surface area contributed by atoms with Gasteiger partial charge in [-0.1, -0.05) is 13.8 Å². The van der Waals surface area contributed by atoms with Gasteiger partial charge in [0.15, 0.2) is 6.10 Å². The van der Waals surface area contributed by atoms with Crippen molar-refractivity contribution in [2.24, 2.45) is 0 Å². The van der Waals surface area contributed by atoms with Gasteiger partial charge in [-0.3, -0.25) is 9.78 Å². The summed E-state index contributed by atoms with van der Waals surface area (Å²) < 4.78 is 5.66. The molecule has 1 aliphatic heterocycles. The summed E-state index contributed by atoms with van der Waals surface area (Å²) in [5, 5.41) is 3.30. The zero-order chi connectivity index (χ0) is 13.8. The van der Waals surface area contributed by atoms with E-state index in [0.717, 1.165) is 25.2 Å². The molecule has 1 aromatic rings. The topological polar surface area (TPSA) is 54.5 Å². The molecule has 1 aliphatic rings. The molecule has 1 N–H and O–H groups in total. The SMILES string of the molecule is CC(C)NCc1ccc(OC2CCN(C)C2=O)cn1. The lowest BCUT2D eigenvalue weighted by Crippen LogP contribution is -2.29. The van der Waals surface area contributed by atoms with Crippen molar-refractivity contribution in [2.75, 3.05) is 13.6 Å². The van der Waals surface area contributed by atoms with Crippen LogP contribution < -0.4 is 10.1 Å². The molecule has 0 aliphatic carbocycles. The predicted octanol–water partition coefficient (Wildman–Crippen LogP) is 1.19. The van der Waals surface area contributed by atoms with Gasteiger partial charge in [-0.15, -0.1) is 0 Å². The third-order valence-electron chi connectivity index (χ3n) is 3.15. The molecule has 5 nitrogen and oxygen atoms in total. The van der Waals surface area contributed by atoms with E-state index in [1.165, 1.54) is 0 Å². The van der Waals surface area contributed by atoms with Gasteiger partial charge in [-0.05, 0) is 12.1 Å². The van der Waals surface area contributed by atoms with Crippen LogP contribution in [-0.4, -0.2) is 41.5 Å². The van der Waals surface area contributed by atoms with Crippen molar-refractivity contribution in [1.29, 1.82) is 0 Å². The number of carbonyl (C=O) groups excluding carboxylic acids is 1. The Labute approximate surface area is 114 Å². The zero-order valence-corrected chi connectivity index (χ0v) is 11.7. The second kappa shape index (κ2) is 6.02. The van der Waals surface area contributed by atoms with E-state index in [1.807, 2.05) is 12.1 Å². The first-order valence-electron chi connectivity index (χ1n) is 6.66. The molecule has 19 heavy (non-hydrogen) atoms. The van der Waals surface area contributed by atoms with Gasteiger partial charge in [0.05, 0.1) is 11.9 Å². The van der Waals surface area contributed by atoms with Gasteiger partial charge in [0.1, 0.15) is 5.75 Å². The number of likely N-dealkylation sites (N-methyl/N-ethyl adjacent to an activating group) is 1. The standard InChI is InChI=1S/C14H21N3O2/c1-10(2)15-8-11-4-5-12(9-16-11)19-13-6-7-17(3)14(13)18/h4-5,9-10,13,15H,6-8H2,1-3H3. The summed E-state index contributed by atoms with van der Waals surface area (Å²) in [4.78, 5) is 17.7. The Morgan fingerprint density at radius 3 is 2.84 bits per heavy atom. The quantitative estimate of drug-likeness (QED) is 0.867. The molecule has 1 fully saturated rings. The molecule has 1 amide bonds. The molecule has 2 heterocycles. The number of amides is 1. The molecule has 5 heteroatoms. The van der Waals surface area contributed by atoms with E-state index in [0.29, 0.717) is 11.8 Å². The van der Waals surface area contributed by atoms with Crippen LogP contribution in [0, 0.1) is 0 Å². The number of carbonyl (C=O) groups is 1. The molecule has 1 atom stereocenters. The van der Waals surface area contributed by atoms with Gasteiger partial charge in [0.2, 0.25) is 0 Å². The number of likely N-dealkylation sites (tertiary alicyclic amines) is 1. The monoisotopic (exact) mass is 263 g/mol. The number of nitrogens with one attached hydrogen (secondary N) is 1. The molecule has 0 saturated carbocycles. The highest BCUT2D eigenvalue weighted by molar-refractivity contribution is 5.83. The number of pyridine rings is 1. The second-order valence-corrected chi connectivity index (χ2v) is 5.18. The van der Waals surface area contributed by atoms with Crippen molar-refractivity contribution >= 4 is 5.91 Å². The van der Waals surface area contributed by atoms with E-state index < -0.39 is 0 Å². The van der Waals surface area contributed by atoms with Crippen LogP contribution in [0.15, 0.2) is 18.3 Å². The van der Waals surface area contributed by atoms with Crippen molar-refractivity contribution < 1.29 is 9.53 Å². The fourth-order valence-electron chi connectivity index (χ4n) is 1.96. The Hall–Kier alpha value is -1.62. The summed E-state index contributed by atoms with van der Waals surface area (Å²) in [5.74, 6) is 0.701. The molecule has 0 aromatic carbocycles. The van der Waals surface area contributed by atoms with E-state index in [4.69, 9.17) is 4.74 Å². The van der Waals surface area contributed by atoms with Crippen LogP contribution in [0.1, 0.15) is 26.0 Å². The van der Waals surface area contributed by atoms with Crippen LogP contribution in [-0.2, 0) is 11.3 Å². The highest BCUT2D eigenvalue weighted by Gasteiger charge is 2.30. The highest BCUT2D eigenvalue weighted by Crippen LogP contribution is 2.18. The van der Waals surface area contributed by atoms with Crippen LogP contribution in [0.25, 0.3) is 0 Å². The summed E-state index contributed by atoms with van der Waals surface area (Å²) in [6.45, 7) is 5.69. The Morgan fingerprint density at radius 1 is 1.53 bits per heavy atom. The van der Waals surface area contributed by atoms with Gasteiger partial charge in [0.25, 0.3) is 5.91 Å². The van der Waals surface area contributed by atoms with Crippen LogP contribution >= 0.6 is 0 Å². The second-order valence-electron chi connectivity index (χ2n) is 5.18. The Bertz CT molecular complexity index is 431. The first-order chi connectivity index (χ1) is 9.06. The van der Waals surface area contributed by atoms with E-state index in [2.05, 4.69) is 24.1 Å². The van der Waals surface area contributed by atoms with Crippen LogP contribution in [0.5, 0.6) is 5.75 Å². The molecule has 0 radical (unpaired) electrons. The average molecular weight is 263 g/mol. The number of aromatic nitrogens is 1. The number of hydrogen-bond acceptors (Lipinski definition) is 4. The fraction of sp³-hybridized carbons (Fsp3) is 0.571. The third-order valence-corrected chi connectivity index (χ3v) is 3.15. The van der Waals surface area contributed by atoms with Gasteiger partial charge >= 0.3 is 0 Å². The lowest BCUT2D eigenvalue weighted by molar-refractivity contribution is -0.132. The Balaban J connectivity index is 1.90. The Morgan fingerprint density at radius 2 is 2.32 bits per heavy atom. The van der Waals surface area contributed by atoms with Crippen LogP contribution in [0.2, 0.25) is 0 Å². The van der Waals surface area contributed by atoms with Crippen molar-refractivity contribution in [3.8, 4) is 5.75 Å². The number of rotatable bonds is 5. The molecule has 1 unspecified atom stereocenters. The highest BCUT2D eigenvalue weighted by atomic mass is 16.5. The maximum atomic E-state index is 11.7. The van der Waals surface area contributed by atoms with E-state index in [1.54, 1.807) is 18.1 Å². The largest absolute Gasteiger partial charge is 0.479 e. The smallest absolute Gasteiger partial charge is 0.263 e. The lowest BCUT2D eigenvalue weighted by Gasteiger charge is -2.13. The first kappa shape index (κ1) is 13.8. The van der Waals surface area contributed by atoms with Gasteiger partial charge in [0, 0.05) is 32.6 Å². The summed E-state index contributed by atoms with van der Waals surface area (Å²) in [6.07, 6.45) is 2.07. The van der Waals surface area contributed by atoms with E-state index in [-0.39, 0.29) is 12.0 Å². The summed E-state index contributed by atoms with van der Waals surface area (Å²) in [6, 6.07) is 4.23. The minimum Gasteiger partial charge on any atom is -0.479 e. The van der Waals surface area contributed by atoms with Gasteiger partial charge in [-0.2, -0.15) is 0 Å². The summed E-state index contributed by atoms with van der Waals surface area (Å²) in [5.41, 5.74) is 0.968. The molecular weight excluding hydrogens is 242 g/mol. The van der Waals surface area contributed by atoms with Gasteiger partial charge < -0.3 is 15.0 Å². The van der Waals surface area contributed by atoms with Crippen LogP contribution in [0.4, 0.5) is 0 Å². The number of ether oxygens (including phenoxy) is 1. The maximum Gasteiger partial charge on any atom is 0.263 e. The number of nitrogens with zero attached hydrogens (tertiary/aromatic N) is 2. The minimum atomic E-state index is -0.355. The van der Waals surface area contributed by atoms with Crippen LogP contribution in [0.3, 0.4) is 0 Å². The van der Waals surface area contributed by atoms with Crippen molar-refractivity contribution in [3.63, 3.8) is 0 Å². The third kappa shape index (κ3) is 3.67. The fourth-order valence-corrected chi connectivity index (χ4v) is 1.96. The first-order valence-corrected chi connectivity index (χ1v) is 6.66. The predicted molar refractivity (Wildman–Crippen MR) is 72.9 cm³/mol. The molecule has 1 aromatic heterocycles. The van der Waals surface area contributed by atoms with Crippen molar-refractivity contribution in [3.05, 3.63) is 24.0 Å². The molecule has 0 bridgehead atoms. The van der Waals surface area contributed by atoms with E-state index >= 15 is 0 Å². The Kier molecular flexibility index (Phi) is 4.37. The van der Waals surface area contributed by atoms with Crippen molar-refractivity contribution in [1.82, 2.24) is 15.2 Å². The molecule has 1 saturated heterocycles. The lowest BCUT2D eigenvalue weighted by atomic mass is 10.3. The maximum absolute atomic E-state index is 11.7. The molecule has 2 rings (SSSR count). The molecular formula is C14H21N3O2. The number of hydrogen-bond donors (Lipinski definition) is 1. The normalized spacial score (nSPS) is 19.3. The summed E-state index contributed by atoms with van der Waals surface area (Å²) >= 11 is 0. The van der Waals surface area contributed by atoms with Gasteiger partial charge in [-0.25, -0.2) is 0 Å². The molecule has 104 valence electrons. The average Bonchev–Trinajstić information content (AvgIpc) is 2.70. The van der Waals surface area contributed by atoms with Crippen molar-refractivity contribution in [2.45, 2.75) is 39.0 Å². The summed E-state index contributed by atoms with van der Waals surface area (Å²) in [7, 11) is 1.80. The molecule has 0 spiro atoms.